The zero-order valence-electron chi connectivity index (χ0n) is 22.6. The highest BCUT2D eigenvalue weighted by Gasteiger charge is 2.65. The molecule has 41 heavy (non-hydrogen) atoms. The number of carboxylic acids is 1. The number of aliphatic hydroxyl groups is 1. The van der Waals surface area contributed by atoms with Crippen molar-refractivity contribution in [1.82, 2.24) is 4.90 Å². The molecule has 0 spiro atoms. The maximum atomic E-state index is 15.8. The lowest BCUT2D eigenvalue weighted by atomic mass is 9.60. The zero-order chi connectivity index (χ0) is 30.1. The van der Waals surface area contributed by atoms with Crippen LogP contribution >= 0.6 is 23.2 Å². The molecule has 4 rings (SSSR count). The Labute approximate surface area is 247 Å². The summed E-state index contributed by atoms with van der Waals surface area (Å²) in [6.45, 7) is 5.26. The van der Waals surface area contributed by atoms with Crippen molar-refractivity contribution >= 4 is 29.2 Å². The minimum Gasteiger partial charge on any atom is -0.478 e. The molecule has 1 heterocycles. The number of hydrogen-bond acceptors (Lipinski definition) is 4. The number of nitrogens with zero attached hydrogens (tertiary/aromatic N) is 2. The number of carbonyl (C=O) groups is 1. The monoisotopic (exact) mass is 596 g/mol. The first-order valence-corrected chi connectivity index (χ1v) is 13.6. The van der Waals surface area contributed by atoms with Gasteiger partial charge in [-0.15, -0.1) is 0 Å². The molecule has 1 aliphatic rings. The number of likely N-dealkylation sites (tertiary alicyclic amines) is 1. The number of nitriles is 1. The molecule has 0 aliphatic carbocycles. The van der Waals surface area contributed by atoms with E-state index in [1.807, 2.05) is 25.7 Å². The lowest BCUT2D eigenvalue weighted by Crippen LogP contribution is -2.52. The summed E-state index contributed by atoms with van der Waals surface area (Å²) in [6, 6.07) is 15.3. The van der Waals surface area contributed by atoms with Crippen LogP contribution < -0.4 is 0 Å². The minimum atomic E-state index is -1.68. The standard InChI is InChI=1S/C32H28Cl2F2N2O3/c1-31(2,3)30-32(18-37,23-14-13-21(33)16-25(23)35)27(22-7-4-8-24(34)28(22)36)26(17-39)38(30)15-5-6-19-9-11-20(12-10-19)29(40)41/h4,7-14,16,26-27,30,39H,15,17H2,1-3H3,(H,40,41)/t26-,27-,30?,32+/m0/s1. The molecule has 3 aromatic rings. The van der Waals surface area contributed by atoms with E-state index in [0.717, 1.165) is 6.07 Å². The van der Waals surface area contributed by atoms with Crippen LogP contribution in [0.2, 0.25) is 10.0 Å². The van der Waals surface area contributed by atoms with Crippen molar-refractivity contribution in [1.29, 1.82) is 5.26 Å². The molecule has 0 amide bonds. The summed E-state index contributed by atoms with van der Waals surface area (Å²) in [7, 11) is 0. The van der Waals surface area contributed by atoms with Crippen LogP contribution in [-0.4, -0.2) is 46.3 Å². The van der Waals surface area contributed by atoms with Gasteiger partial charge in [0.15, 0.2) is 0 Å². The van der Waals surface area contributed by atoms with Gasteiger partial charge in [0.1, 0.15) is 17.0 Å². The maximum absolute atomic E-state index is 15.8. The average Bonchev–Trinajstić information content (AvgIpc) is 3.20. The van der Waals surface area contributed by atoms with E-state index in [-0.39, 0.29) is 33.3 Å². The topological polar surface area (TPSA) is 84.6 Å². The number of halogens is 4. The number of hydrogen-bond donors (Lipinski definition) is 2. The van der Waals surface area contributed by atoms with E-state index >= 15 is 8.78 Å². The smallest absolute Gasteiger partial charge is 0.335 e. The van der Waals surface area contributed by atoms with Crippen LogP contribution in [0.3, 0.4) is 0 Å². The number of rotatable bonds is 5. The van der Waals surface area contributed by atoms with Crippen LogP contribution in [0.1, 0.15) is 53.7 Å². The van der Waals surface area contributed by atoms with E-state index in [9.17, 15) is 15.2 Å². The Morgan fingerprint density at radius 1 is 1.10 bits per heavy atom. The van der Waals surface area contributed by atoms with Crippen molar-refractivity contribution in [2.24, 2.45) is 5.41 Å². The number of benzene rings is 3. The molecule has 4 atom stereocenters. The van der Waals surface area contributed by atoms with Gasteiger partial charge >= 0.3 is 5.97 Å². The van der Waals surface area contributed by atoms with Crippen LogP contribution in [-0.2, 0) is 5.41 Å². The third-order valence-electron chi connectivity index (χ3n) is 7.58. The first kappa shape index (κ1) is 30.5. The molecule has 212 valence electrons. The first-order chi connectivity index (χ1) is 19.4. The van der Waals surface area contributed by atoms with Crippen molar-refractivity contribution in [2.75, 3.05) is 13.2 Å². The van der Waals surface area contributed by atoms with Gasteiger partial charge in [-0.05, 0) is 53.4 Å². The molecule has 0 saturated carbocycles. The molecule has 1 saturated heterocycles. The third kappa shape index (κ3) is 5.56. The van der Waals surface area contributed by atoms with E-state index in [1.54, 1.807) is 18.2 Å². The highest BCUT2D eigenvalue weighted by atomic mass is 35.5. The van der Waals surface area contributed by atoms with Gasteiger partial charge in [-0.25, -0.2) is 13.6 Å². The molecule has 3 aromatic carbocycles. The fourth-order valence-electron chi connectivity index (χ4n) is 6.19. The average molecular weight is 597 g/mol. The quantitative estimate of drug-likeness (QED) is 0.322. The van der Waals surface area contributed by atoms with E-state index in [0.29, 0.717) is 5.56 Å². The van der Waals surface area contributed by atoms with Crippen molar-refractivity contribution in [3.8, 4) is 17.9 Å². The molecule has 1 fully saturated rings. The van der Waals surface area contributed by atoms with Crippen molar-refractivity contribution in [3.05, 3.63) is 105 Å². The molecule has 1 aliphatic heterocycles. The predicted molar refractivity (Wildman–Crippen MR) is 154 cm³/mol. The first-order valence-electron chi connectivity index (χ1n) is 12.9. The summed E-state index contributed by atoms with van der Waals surface area (Å²) in [5, 5.41) is 30.9. The van der Waals surface area contributed by atoms with Gasteiger partial charge in [0.2, 0.25) is 0 Å². The minimum absolute atomic E-state index is 0.0341. The molecule has 0 aromatic heterocycles. The van der Waals surface area contributed by atoms with Gasteiger partial charge in [-0.2, -0.15) is 5.26 Å². The van der Waals surface area contributed by atoms with Crippen molar-refractivity contribution < 1.29 is 23.8 Å². The number of aromatic carboxylic acids is 1. The molecule has 1 unspecified atom stereocenters. The van der Waals surface area contributed by atoms with Gasteiger partial charge < -0.3 is 10.2 Å². The zero-order valence-corrected chi connectivity index (χ0v) is 24.1. The Morgan fingerprint density at radius 2 is 1.78 bits per heavy atom. The molecule has 5 nitrogen and oxygen atoms in total. The van der Waals surface area contributed by atoms with E-state index in [4.69, 9.17) is 28.3 Å². The van der Waals surface area contributed by atoms with Crippen molar-refractivity contribution in [2.45, 2.75) is 44.2 Å². The van der Waals surface area contributed by atoms with Gasteiger partial charge in [0.05, 0.1) is 29.8 Å². The number of carboxylic acid groups (broad SMARTS) is 1. The van der Waals surface area contributed by atoms with E-state index < -0.39 is 53.0 Å². The van der Waals surface area contributed by atoms with Gasteiger partial charge in [-0.1, -0.05) is 74.0 Å². The summed E-state index contributed by atoms with van der Waals surface area (Å²) in [6.07, 6.45) is 0. The van der Waals surface area contributed by atoms with Gasteiger partial charge in [0.25, 0.3) is 0 Å². The Balaban J connectivity index is 1.95. The second kappa shape index (κ2) is 11.8. The second-order valence-electron chi connectivity index (χ2n) is 11.1. The Kier molecular flexibility index (Phi) is 8.78. The van der Waals surface area contributed by atoms with Crippen LogP contribution in [0.4, 0.5) is 8.78 Å². The molecule has 0 bridgehead atoms. The fraction of sp³-hybridized carbons (Fsp3) is 0.312. The maximum Gasteiger partial charge on any atom is 0.335 e. The van der Waals surface area contributed by atoms with Crippen molar-refractivity contribution in [3.63, 3.8) is 0 Å². The fourth-order valence-corrected chi connectivity index (χ4v) is 6.53. The van der Waals surface area contributed by atoms with Crippen LogP contribution in [0, 0.1) is 40.2 Å². The number of aliphatic hydroxyl groups excluding tert-OH is 1. The molecular formula is C32H28Cl2F2N2O3. The van der Waals surface area contributed by atoms with E-state index in [2.05, 4.69) is 17.9 Å². The molecule has 9 heteroatoms. The Morgan fingerprint density at radius 3 is 2.34 bits per heavy atom. The summed E-state index contributed by atoms with van der Waals surface area (Å²) < 4.78 is 31.5. The lowest BCUT2D eigenvalue weighted by Gasteiger charge is -2.43. The Hall–Kier alpha value is -3.46. The second-order valence-corrected chi connectivity index (χ2v) is 11.9. The summed E-state index contributed by atoms with van der Waals surface area (Å²) in [4.78, 5) is 13.0. The SMILES string of the molecule is CC(C)(C)C1N(CC#Cc2ccc(C(=O)O)cc2)[C@@H](CO)[C@H](c2cccc(Cl)c2F)[C@@]1(C#N)c1ccc(Cl)cc1F. The van der Waals surface area contributed by atoms with Crippen LogP contribution in [0.5, 0.6) is 0 Å². The Bertz CT molecular complexity index is 1570. The lowest BCUT2D eigenvalue weighted by molar-refractivity contribution is 0.0696. The summed E-state index contributed by atoms with van der Waals surface area (Å²) >= 11 is 12.3. The van der Waals surface area contributed by atoms with E-state index in [1.165, 1.54) is 36.4 Å². The van der Waals surface area contributed by atoms with Crippen LogP contribution in [0.15, 0.2) is 60.7 Å². The van der Waals surface area contributed by atoms with Crippen LogP contribution in [0.25, 0.3) is 0 Å². The summed E-state index contributed by atoms with van der Waals surface area (Å²) in [5.41, 5.74) is -1.57. The largest absolute Gasteiger partial charge is 0.478 e. The predicted octanol–water partition coefficient (Wildman–Crippen LogP) is 6.66. The van der Waals surface area contributed by atoms with Gasteiger partial charge in [-0.3, -0.25) is 4.90 Å². The highest BCUT2D eigenvalue weighted by molar-refractivity contribution is 6.31. The normalized spacial score (nSPS) is 22.6. The third-order valence-corrected chi connectivity index (χ3v) is 8.10. The molecular weight excluding hydrogens is 569 g/mol. The molecule has 0 radical (unpaired) electrons. The molecule has 2 N–H and O–H groups in total. The summed E-state index contributed by atoms with van der Waals surface area (Å²) in [5.74, 6) is 2.51. The highest BCUT2D eigenvalue weighted by Crippen LogP contribution is 2.58. The van der Waals surface area contributed by atoms with Gasteiger partial charge in [0, 0.05) is 34.2 Å².